The zero-order valence-corrected chi connectivity index (χ0v) is 4.11. The van der Waals surface area contributed by atoms with Crippen LogP contribution in [0.2, 0.25) is 0 Å². The van der Waals surface area contributed by atoms with E-state index in [9.17, 15) is 18.3 Å². The van der Waals surface area contributed by atoms with E-state index < -0.39 is 25.6 Å². The fourth-order valence-corrected chi connectivity index (χ4v) is 0.239. The Labute approximate surface area is 45.1 Å². The number of halogens is 3. The molecule has 0 aromatic rings. The largest absolute Gasteiger partial charge is 0.269 e. The molecule has 0 saturated carbocycles. The summed E-state index contributed by atoms with van der Waals surface area (Å²) < 4.78 is 33.8. The third-order valence-electron chi connectivity index (χ3n) is 0.667. The second kappa shape index (κ2) is 3.72. The van der Waals surface area contributed by atoms with Crippen LogP contribution >= 0.6 is 0 Å². The first kappa shape index (κ1) is 7.75. The van der Waals surface area contributed by atoms with Gasteiger partial charge in [-0.15, -0.1) is 0 Å². The molecule has 0 fully saturated rings. The Morgan fingerprint density at radius 1 is 1.25 bits per heavy atom. The van der Waals surface area contributed by atoms with Gasteiger partial charge in [-0.3, -0.25) is 0 Å². The van der Waals surface area contributed by atoms with Crippen LogP contribution in [0, 0.1) is 0 Å². The molecular formula is C4H6F3O. The molecule has 0 aromatic heterocycles. The summed E-state index contributed by atoms with van der Waals surface area (Å²) in [5.74, 6) is 0. The Morgan fingerprint density at radius 2 is 1.75 bits per heavy atom. The molecule has 8 heavy (non-hydrogen) atoms. The standard InChI is InChI=1S/C4H6F3O/c5-3(1-2-8)4(6)7/h3-4H,1-2H2. The second-order valence-corrected chi connectivity index (χ2v) is 1.34. The summed E-state index contributed by atoms with van der Waals surface area (Å²) in [6.45, 7) is -0.772. The first-order chi connectivity index (χ1) is 3.68. The van der Waals surface area contributed by atoms with Crippen molar-refractivity contribution in [3.05, 3.63) is 0 Å². The smallest absolute Gasteiger partial charge is 0.241 e. The van der Waals surface area contributed by atoms with Crippen LogP contribution in [-0.4, -0.2) is 19.2 Å². The van der Waals surface area contributed by atoms with Crippen LogP contribution in [0.4, 0.5) is 13.2 Å². The number of hydrogen-bond acceptors (Lipinski definition) is 0. The molecule has 4 heteroatoms. The molecule has 1 unspecified atom stereocenters. The SMILES string of the molecule is [O]CCC(F)C(F)F. The van der Waals surface area contributed by atoms with E-state index in [1.54, 1.807) is 0 Å². The second-order valence-electron chi connectivity index (χ2n) is 1.34. The van der Waals surface area contributed by atoms with E-state index in [1.165, 1.54) is 0 Å². The van der Waals surface area contributed by atoms with Crippen molar-refractivity contribution >= 4 is 0 Å². The van der Waals surface area contributed by atoms with Gasteiger partial charge < -0.3 is 0 Å². The van der Waals surface area contributed by atoms with Gasteiger partial charge in [-0.1, -0.05) is 0 Å². The molecule has 1 atom stereocenters. The first-order valence-electron chi connectivity index (χ1n) is 2.18. The average molecular weight is 127 g/mol. The molecule has 0 N–H and O–H groups in total. The van der Waals surface area contributed by atoms with Crippen LogP contribution in [0.3, 0.4) is 0 Å². The lowest BCUT2D eigenvalue weighted by molar-refractivity contribution is 0.0280. The minimum atomic E-state index is -3.00. The van der Waals surface area contributed by atoms with Crippen molar-refractivity contribution in [3.63, 3.8) is 0 Å². The van der Waals surface area contributed by atoms with Gasteiger partial charge in [0, 0.05) is 6.42 Å². The summed E-state index contributed by atoms with van der Waals surface area (Å²) >= 11 is 0. The van der Waals surface area contributed by atoms with Crippen molar-refractivity contribution in [3.8, 4) is 0 Å². The first-order valence-corrected chi connectivity index (χ1v) is 2.18. The molecule has 0 spiro atoms. The van der Waals surface area contributed by atoms with Gasteiger partial charge in [0.05, 0.1) is 6.61 Å². The van der Waals surface area contributed by atoms with Crippen LogP contribution < -0.4 is 0 Å². The van der Waals surface area contributed by atoms with E-state index >= 15 is 0 Å². The normalized spacial score (nSPS) is 14.6. The molecule has 0 rings (SSSR count). The predicted octanol–water partition coefficient (Wildman–Crippen LogP) is 1.41. The van der Waals surface area contributed by atoms with E-state index in [4.69, 9.17) is 0 Å². The van der Waals surface area contributed by atoms with Crippen molar-refractivity contribution in [1.82, 2.24) is 0 Å². The van der Waals surface area contributed by atoms with Crippen molar-refractivity contribution in [2.24, 2.45) is 0 Å². The van der Waals surface area contributed by atoms with E-state index in [0.29, 0.717) is 0 Å². The van der Waals surface area contributed by atoms with Crippen LogP contribution in [-0.2, 0) is 5.11 Å². The van der Waals surface area contributed by atoms with Crippen LogP contribution in [0.1, 0.15) is 6.42 Å². The van der Waals surface area contributed by atoms with Crippen LogP contribution in [0.25, 0.3) is 0 Å². The highest BCUT2D eigenvalue weighted by atomic mass is 19.3. The third kappa shape index (κ3) is 2.85. The molecule has 0 amide bonds. The van der Waals surface area contributed by atoms with Gasteiger partial charge in [0.25, 0.3) is 6.43 Å². The monoisotopic (exact) mass is 127 g/mol. The average Bonchev–Trinajstić information content (AvgIpc) is 1.67. The topological polar surface area (TPSA) is 19.9 Å². The van der Waals surface area contributed by atoms with Crippen molar-refractivity contribution < 1.29 is 18.3 Å². The Bertz CT molecular complexity index is 57.2. The summed E-state index contributed by atoms with van der Waals surface area (Å²) in [5.41, 5.74) is 0. The summed E-state index contributed by atoms with van der Waals surface area (Å²) in [6, 6.07) is 0. The van der Waals surface area contributed by atoms with Crippen molar-refractivity contribution in [1.29, 1.82) is 0 Å². The van der Waals surface area contributed by atoms with Gasteiger partial charge in [0.1, 0.15) is 0 Å². The van der Waals surface area contributed by atoms with E-state index in [-0.39, 0.29) is 0 Å². The zero-order chi connectivity index (χ0) is 6.57. The summed E-state index contributed by atoms with van der Waals surface area (Å²) in [7, 11) is 0. The predicted molar refractivity (Wildman–Crippen MR) is 21.1 cm³/mol. The summed E-state index contributed by atoms with van der Waals surface area (Å²) in [4.78, 5) is 0. The van der Waals surface area contributed by atoms with Crippen molar-refractivity contribution in [2.45, 2.75) is 19.0 Å². The molecule has 49 valence electrons. The Hall–Kier alpha value is -0.250. The maximum Gasteiger partial charge on any atom is 0.269 e. The number of alkyl halides is 3. The molecule has 0 heterocycles. The fraction of sp³-hybridized carbons (Fsp3) is 1.00. The fourth-order valence-electron chi connectivity index (χ4n) is 0.239. The zero-order valence-electron chi connectivity index (χ0n) is 4.11. The van der Waals surface area contributed by atoms with Crippen LogP contribution in [0.5, 0.6) is 0 Å². The Balaban J connectivity index is 3.17. The molecule has 0 bridgehead atoms. The molecule has 0 aliphatic rings. The molecule has 1 nitrogen and oxygen atoms in total. The highest BCUT2D eigenvalue weighted by Crippen LogP contribution is 2.07. The Kier molecular flexibility index (Phi) is 3.60. The van der Waals surface area contributed by atoms with E-state index in [2.05, 4.69) is 0 Å². The lowest BCUT2D eigenvalue weighted by atomic mass is 10.3. The van der Waals surface area contributed by atoms with Gasteiger partial charge in [-0.05, 0) is 0 Å². The van der Waals surface area contributed by atoms with Crippen LogP contribution in [0.15, 0.2) is 0 Å². The van der Waals surface area contributed by atoms with Gasteiger partial charge in [-0.2, -0.15) is 0 Å². The lowest BCUT2D eigenvalue weighted by Crippen LogP contribution is -2.12. The summed E-state index contributed by atoms with van der Waals surface area (Å²) in [6.07, 6.45) is -5.81. The van der Waals surface area contributed by atoms with Gasteiger partial charge in [-0.25, -0.2) is 18.3 Å². The molecule has 0 aliphatic carbocycles. The van der Waals surface area contributed by atoms with E-state index in [1.807, 2.05) is 0 Å². The maximum atomic E-state index is 11.6. The minimum Gasteiger partial charge on any atom is -0.241 e. The molecular weight excluding hydrogens is 121 g/mol. The van der Waals surface area contributed by atoms with Gasteiger partial charge >= 0.3 is 0 Å². The molecule has 0 aromatic carbocycles. The maximum absolute atomic E-state index is 11.6. The molecule has 0 saturated heterocycles. The van der Waals surface area contributed by atoms with Gasteiger partial charge in [0.2, 0.25) is 0 Å². The molecule has 1 radical (unpaired) electrons. The lowest BCUT2D eigenvalue weighted by Gasteiger charge is -2.00. The summed E-state index contributed by atoms with van der Waals surface area (Å²) in [5, 5.41) is 9.47. The minimum absolute atomic E-state index is 0.586. The van der Waals surface area contributed by atoms with Crippen molar-refractivity contribution in [2.75, 3.05) is 6.61 Å². The highest BCUT2D eigenvalue weighted by Gasteiger charge is 2.17. The van der Waals surface area contributed by atoms with E-state index in [0.717, 1.165) is 0 Å². The quantitative estimate of drug-likeness (QED) is 0.546. The third-order valence-corrected chi connectivity index (χ3v) is 0.667. The Morgan fingerprint density at radius 3 is 1.88 bits per heavy atom. The highest BCUT2D eigenvalue weighted by molar-refractivity contribution is 4.55. The number of hydrogen-bond donors (Lipinski definition) is 0. The number of rotatable bonds is 3. The van der Waals surface area contributed by atoms with Gasteiger partial charge in [0.15, 0.2) is 6.17 Å². The molecule has 0 aliphatic heterocycles.